The number of ether oxygens (including phenoxy) is 1. The van der Waals surface area contributed by atoms with E-state index in [2.05, 4.69) is 26.1 Å². The molecule has 0 aromatic carbocycles. The van der Waals surface area contributed by atoms with Crippen molar-refractivity contribution in [2.75, 3.05) is 18.0 Å². The third kappa shape index (κ3) is 4.81. The van der Waals surface area contributed by atoms with Crippen LogP contribution in [0.25, 0.3) is 11.3 Å². The van der Waals surface area contributed by atoms with Crippen LogP contribution in [0.1, 0.15) is 40.0 Å². The number of nitrogens with zero attached hydrogens (tertiary/aromatic N) is 3. The van der Waals surface area contributed by atoms with Crippen molar-refractivity contribution >= 4 is 11.8 Å². The van der Waals surface area contributed by atoms with Gasteiger partial charge in [0, 0.05) is 37.5 Å². The highest BCUT2D eigenvalue weighted by molar-refractivity contribution is 5.70. The number of piperidine rings is 1. The summed E-state index contributed by atoms with van der Waals surface area (Å²) < 4.78 is 5.43. The summed E-state index contributed by atoms with van der Waals surface area (Å²) in [5, 5.41) is 6.91. The maximum Gasteiger partial charge on any atom is 0.306 e. The van der Waals surface area contributed by atoms with Crippen molar-refractivity contribution in [2.24, 2.45) is 5.92 Å². The zero-order valence-electron chi connectivity index (χ0n) is 15.2. The maximum absolute atomic E-state index is 12.0. The summed E-state index contributed by atoms with van der Waals surface area (Å²) in [5.74, 6) is 1.29. The molecular weight excluding hydrogens is 316 g/mol. The van der Waals surface area contributed by atoms with E-state index in [1.807, 2.05) is 39.1 Å². The fourth-order valence-electron chi connectivity index (χ4n) is 3.13. The van der Waals surface area contributed by atoms with Crippen LogP contribution in [0.5, 0.6) is 0 Å². The Hall–Kier alpha value is -2.37. The SMILES string of the molecule is CC(C)(C)OC(=O)CC1CCN(c2ccc(-c3ccn[nH]3)cn2)CC1. The predicted octanol–water partition coefficient (Wildman–Crippen LogP) is 3.42. The Labute approximate surface area is 148 Å². The number of hydrogen-bond acceptors (Lipinski definition) is 5. The van der Waals surface area contributed by atoms with E-state index in [-0.39, 0.29) is 5.97 Å². The third-order valence-corrected chi connectivity index (χ3v) is 4.37. The van der Waals surface area contributed by atoms with Gasteiger partial charge in [-0.1, -0.05) is 0 Å². The van der Waals surface area contributed by atoms with Crippen molar-refractivity contribution in [1.29, 1.82) is 0 Å². The van der Waals surface area contributed by atoms with Gasteiger partial charge in [-0.15, -0.1) is 0 Å². The van der Waals surface area contributed by atoms with E-state index in [1.54, 1.807) is 6.20 Å². The number of aromatic nitrogens is 3. The number of carbonyl (C=O) groups excluding carboxylic acids is 1. The summed E-state index contributed by atoms with van der Waals surface area (Å²) in [4.78, 5) is 18.8. The van der Waals surface area contributed by atoms with Crippen LogP contribution in [0.2, 0.25) is 0 Å². The van der Waals surface area contributed by atoms with Gasteiger partial charge in [-0.3, -0.25) is 9.89 Å². The molecule has 3 rings (SSSR count). The van der Waals surface area contributed by atoms with Gasteiger partial charge < -0.3 is 9.64 Å². The minimum Gasteiger partial charge on any atom is -0.460 e. The molecule has 0 unspecified atom stereocenters. The number of pyridine rings is 1. The van der Waals surface area contributed by atoms with Crippen molar-refractivity contribution in [1.82, 2.24) is 15.2 Å². The summed E-state index contributed by atoms with van der Waals surface area (Å²) in [5.41, 5.74) is 1.59. The standard InChI is InChI=1S/C19H26N4O2/c1-19(2,3)25-18(24)12-14-7-10-23(11-8-14)17-5-4-15(13-20-17)16-6-9-21-22-16/h4-6,9,13-14H,7-8,10-12H2,1-3H3,(H,21,22). The smallest absolute Gasteiger partial charge is 0.306 e. The molecule has 0 aliphatic carbocycles. The van der Waals surface area contributed by atoms with Crippen LogP contribution in [0.4, 0.5) is 5.82 Å². The summed E-state index contributed by atoms with van der Waals surface area (Å²) in [6.07, 6.45) is 6.10. The molecule has 0 bridgehead atoms. The lowest BCUT2D eigenvalue weighted by Gasteiger charge is -2.33. The Morgan fingerprint density at radius 1 is 1.28 bits per heavy atom. The van der Waals surface area contributed by atoms with Crippen LogP contribution in [-0.4, -0.2) is 39.8 Å². The van der Waals surface area contributed by atoms with Gasteiger partial charge in [-0.2, -0.15) is 5.10 Å². The predicted molar refractivity (Wildman–Crippen MR) is 97.2 cm³/mol. The lowest BCUT2D eigenvalue weighted by Crippen LogP contribution is -2.35. The first-order valence-corrected chi connectivity index (χ1v) is 8.83. The molecule has 0 radical (unpaired) electrons. The van der Waals surface area contributed by atoms with E-state index in [0.717, 1.165) is 43.0 Å². The quantitative estimate of drug-likeness (QED) is 0.862. The average Bonchev–Trinajstić information content (AvgIpc) is 3.08. The van der Waals surface area contributed by atoms with Gasteiger partial charge in [-0.05, 0) is 57.7 Å². The van der Waals surface area contributed by atoms with Crippen LogP contribution in [0.3, 0.4) is 0 Å². The molecule has 3 heterocycles. The second kappa shape index (κ2) is 7.25. The molecule has 0 atom stereocenters. The van der Waals surface area contributed by atoms with E-state index in [4.69, 9.17) is 4.74 Å². The molecule has 25 heavy (non-hydrogen) atoms. The lowest BCUT2D eigenvalue weighted by molar-refractivity contribution is -0.156. The first kappa shape index (κ1) is 17.5. The zero-order chi connectivity index (χ0) is 17.9. The number of carbonyl (C=O) groups is 1. The number of H-pyrrole nitrogens is 1. The summed E-state index contributed by atoms with van der Waals surface area (Å²) in [6.45, 7) is 7.57. The first-order chi connectivity index (χ1) is 11.9. The highest BCUT2D eigenvalue weighted by Gasteiger charge is 2.25. The number of esters is 1. The van der Waals surface area contributed by atoms with E-state index < -0.39 is 5.60 Å². The van der Waals surface area contributed by atoms with Crippen LogP contribution in [0.15, 0.2) is 30.6 Å². The molecule has 1 aliphatic heterocycles. The molecule has 1 fully saturated rings. The molecule has 0 amide bonds. The van der Waals surface area contributed by atoms with Crippen molar-refractivity contribution in [3.8, 4) is 11.3 Å². The second-order valence-electron chi connectivity index (χ2n) is 7.60. The molecule has 2 aromatic rings. The number of rotatable bonds is 4. The Morgan fingerprint density at radius 3 is 2.60 bits per heavy atom. The van der Waals surface area contributed by atoms with Gasteiger partial charge in [0.2, 0.25) is 0 Å². The fourth-order valence-corrected chi connectivity index (χ4v) is 3.13. The molecule has 134 valence electrons. The van der Waals surface area contributed by atoms with Crippen molar-refractivity contribution in [2.45, 2.75) is 45.6 Å². The fraction of sp³-hybridized carbons (Fsp3) is 0.526. The van der Waals surface area contributed by atoms with Crippen LogP contribution in [-0.2, 0) is 9.53 Å². The zero-order valence-corrected chi connectivity index (χ0v) is 15.2. The first-order valence-electron chi connectivity index (χ1n) is 8.83. The molecule has 1 aliphatic rings. The second-order valence-corrected chi connectivity index (χ2v) is 7.60. The maximum atomic E-state index is 12.0. The van der Waals surface area contributed by atoms with Gasteiger partial charge in [-0.25, -0.2) is 4.98 Å². The largest absolute Gasteiger partial charge is 0.460 e. The molecule has 1 N–H and O–H groups in total. The highest BCUT2D eigenvalue weighted by Crippen LogP contribution is 2.26. The molecule has 2 aromatic heterocycles. The number of aromatic amines is 1. The lowest BCUT2D eigenvalue weighted by atomic mass is 9.93. The summed E-state index contributed by atoms with van der Waals surface area (Å²) in [6, 6.07) is 6.03. The number of hydrogen-bond donors (Lipinski definition) is 1. The highest BCUT2D eigenvalue weighted by atomic mass is 16.6. The molecule has 0 saturated carbocycles. The average molecular weight is 342 g/mol. The van der Waals surface area contributed by atoms with E-state index >= 15 is 0 Å². The number of nitrogens with one attached hydrogen (secondary N) is 1. The van der Waals surface area contributed by atoms with E-state index in [1.165, 1.54) is 0 Å². The van der Waals surface area contributed by atoms with Gasteiger partial charge in [0.15, 0.2) is 0 Å². The minimum atomic E-state index is -0.405. The van der Waals surface area contributed by atoms with E-state index in [0.29, 0.717) is 12.3 Å². The van der Waals surface area contributed by atoms with Gasteiger partial charge >= 0.3 is 5.97 Å². The van der Waals surface area contributed by atoms with Crippen molar-refractivity contribution < 1.29 is 9.53 Å². The third-order valence-electron chi connectivity index (χ3n) is 4.37. The van der Waals surface area contributed by atoms with Crippen LogP contribution in [0, 0.1) is 5.92 Å². The molecule has 0 spiro atoms. The minimum absolute atomic E-state index is 0.0898. The molecule has 6 nitrogen and oxygen atoms in total. The Morgan fingerprint density at radius 2 is 2.04 bits per heavy atom. The normalized spacial score (nSPS) is 16.0. The van der Waals surface area contributed by atoms with Crippen molar-refractivity contribution in [3.05, 3.63) is 30.6 Å². The Bertz CT molecular complexity index is 681. The van der Waals surface area contributed by atoms with Gasteiger partial charge in [0.05, 0.1) is 5.69 Å². The molecule has 6 heteroatoms. The Balaban J connectivity index is 1.51. The van der Waals surface area contributed by atoms with Gasteiger partial charge in [0.1, 0.15) is 11.4 Å². The van der Waals surface area contributed by atoms with E-state index in [9.17, 15) is 4.79 Å². The molecular formula is C19H26N4O2. The monoisotopic (exact) mass is 342 g/mol. The number of anilines is 1. The van der Waals surface area contributed by atoms with Crippen LogP contribution < -0.4 is 4.90 Å². The summed E-state index contributed by atoms with van der Waals surface area (Å²) >= 11 is 0. The summed E-state index contributed by atoms with van der Waals surface area (Å²) in [7, 11) is 0. The van der Waals surface area contributed by atoms with Gasteiger partial charge in [0.25, 0.3) is 0 Å². The Kier molecular flexibility index (Phi) is 5.06. The molecule has 1 saturated heterocycles. The topological polar surface area (TPSA) is 71.1 Å². The van der Waals surface area contributed by atoms with Crippen molar-refractivity contribution in [3.63, 3.8) is 0 Å². The van der Waals surface area contributed by atoms with Crippen LogP contribution >= 0.6 is 0 Å².